The normalized spacial score (nSPS) is 10.4. The topological polar surface area (TPSA) is 87.5 Å². The van der Waals surface area contributed by atoms with E-state index >= 15 is 0 Å². The molecule has 0 radical (unpaired) electrons. The van der Waals surface area contributed by atoms with E-state index < -0.39 is 5.97 Å². The Balaban J connectivity index is 1.98. The van der Waals surface area contributed by atoms with Crippen LogP contribution in [0.1, 0.15) is 30.8 Å². The Labute approximate surface area is 140 Å². The summed E-state index contributed by atoms with van der Waals surface area (Å²) in [4.78, 5) is 25.0. The summed E-state index contributed by atoms with van der Waals surface area (Å²) in [5.41, 5.74) is 2.06. The molecule has 0 aliphatic rings. The van der Waals surface area contributed by atoms with Crippen LogP contribution in [0.15, 0.2) is 36.5 Å². The second-order valence-electron chi connectivity index (χ2n) is 5.28. The first-order valence-electron chi connectivity index (χ1n) is 7.95. The van der Waals surface area contributed by atoms with Gasteiger partial charge in [0.15, 0.2) is 5.69 Å². The van der Waals surface area contributed by atoms with Gasteiger partial charge in [-0.1, -0.05) is 0 Å². The zero-order valence-corrected chi connectivity index (χ0v) is 13.9. The van der Waals surface area contributed by atoms with Gasteiger partial charge in [-0.25, -0.2) is 0 Å². The first kappa shape index (κ1) is 17.5. The largest absolute Gasteiger partial charge is 0.481 e. The highest BCUT2D eigenvalue weighted by Gasteiger charge is 2.11. The third kappa shape index (κ3) is 4.58. The number of anilines is 2. The van der Waals surface area contributed by atoms with Crippen molar-refractivity contribution >= 4 is 23.3 Å². The van der Waals surface area contributed by atoms with Gasteiger partial charge in [0.2, 0.25) is 0 Å². The zero-order chi connectivity index (χ0) is 17.5. The molecule has 0 unspecified atom stereocenters. The molecule has 7 nitrogen and oxygen atoms in total. The van der Waals surface area contributed by atoms with E-state index in [1.54, 1.807) is 12.3 Å². The number of aliphatic carboxylic acids is 1. The van der Waals surface area contributed by atoms with Crippen molar-refractivity contribution in [1.29, 1.82) is 0 Å². The molecule has 7 heteroatoms. The number of aryl methyl sites for hydroxylation is 1. The fourth-order valence-electron chi connectivity index (χ4n) is 2.36. The molecule has 24 heavy (non-hydrogen) atoms. The fourth-order valence-corrected chi connectivity index (χ4v) is 2.36. The van der Waals surface area contributed by atoms with Crippen LogP contribution in [0.2, 0.25) is 0 Å². The van der Waals surface area contributed by atoms with Crippen LogP contribution in [0, 0.1) is 0 Å². The van der Waals surface area contributed by atoms with Gasteiger partial charge in [0, 0.05) is 30.7 Å². The first-order valence-corrected chi connectivity index (χ1v) is 7.95. The third-order valence-electron chi connectivity index (χ3n) is 3.68. The van der Waals surface area contributed by atoms with Gasteiger partial charge in [-0.3, -0.25) is 14.3 Å². The Morgan fingerprint density at radius 1 is 1.17 bits per heavy atom. The molecule has 2 aromatic rings. The maximum atomic E-state index is 12.2. The van der Waals surface area contributed by atoms with Crippen molar-refractivity contribution < 1.29 is 14.7 Å². The van der Waals surface area contributed by atoms with Crippen molar-refractivity contribution in [3.63, 3.8) is 0 Å². The average Bonchev–Trinajstić information content (AvgIpc) is 3.05. The van der Waals surface area contributed by atoms with Crippen LogP contribution in [0.5, 0.6) is 0 Å². The predicted molar refractivity (Wildman–Crippen MR) is 92.4 cm³/mol. The number of carboxylic acids is 1. The Morgan fingerprint density at radius 3 is 2.42 bits per heavy atom. The molecular weight excluding hydrogens is 308 g/mol. The molecule has 1 aromatic carbocycles. The summed E-state index contributed by atoms with van der Waals surface area (Å²) in [6.07, 6.45) is 1.57. The van der Waals surface area contributed by atoms with E-state index in [0.717, 1.165) is 18.8 Å². The molecule has 1 aromatic heterocycles. The van der Waals surface area contributed by atoms with Gasteiger partial charge in [0.05, 0.1) is 13.0 Å². The summed E-state index contributed by atoms with van der Waals surface area (Å²) in [6, 6.07) is 9.21. The van der Waals surface area contributed by atoms with Crippen molar-refractivity contribution in [3.8, 4) is 0 Å². The van der Waals surface area contributed by atoms with Gasteiger partial charge in [-0.05, 0) is 44.2 Å². The molecular formula is C17H22N4O3. The highest BCUT2D eigenvalue weighted by Crippen LogP contribution is 2.18. The lowest BCUT2D eigenvalue weighted by Gasteiger charge is -2.21. The van der Waals surface area contributed by atoms with Crippen LogP contribution in [0.3, 0.4) is 0 Å². The summed E-state index contributed by atoms with van der Waals surface area (Å²) in [7, 11) is 0. The summed E-state index contributed by atoms with van der Waals surface area (Å²) in [6.45, 7) is 6.28. The maximum Gasteiger partial charge on any atom is 0.305 e. The number of benzene rings is 1. The van der Waals surface area contributed by atoms with Crippen LogP contribution in [0.4, 0.5) is 11.4 Å². The monoisotopic (exact) mass is 330 g/mol. The lowest BCUT2D eigenvalue weighted by atomic mass is 10.2. The third-order valence-corrected chi connectivity index (χ3v) is 3.68. The number of rotatable bonds is 8. The average molecular weight is 330 g/mol. The van der Waals surface area contributed by atoms with Gasteiger partial charge in [-0.2, -0.15) is 5.10 Å². The molecule has 0 spiro atoms. The van der Waals surface area contributed by atoms with Gasteiger partial charge in [0.1, 0.15) is 0 Å². The van der Waals surface area contributed by atoms with Crippen LogP contribution in [0.25, 0.3) is 0 Å². The van der Waals surface area contributed by atoms with Crippen LogP contribution >= 0.6 is 0 Å². The summed E-state index contributed by atoms with van der Waals surface area (Å²) in [5, 5.41) is 15.5. The number of hydrogen-bond acceptors (Lipinski definition) is 4. The second-order valence-corrected chi connectivity index (χ2v) is 5.28. The number of carbonyl (C=O) groups excluding carboxylic acids is 1. The Hall–Kier alpha value is -2.83. The molecule has 0 atom stereocenters. The molecule has 0 fully saturated rings. The van der Waals surface area contributed by atoms with Gasteiger partial charge >= 0.3 is 5.97 Å². The second kappa shape index (κ2) is 8.14. The minimum Gasteiger partial charge on any atom is -0.481 e. The van der Waals surface area contributed by atoms with Crippen molar-refractivity contribution in [3.05, 3.63) is 42.2 Å². The van der Waals surface area contributed by atoms with E-state index in [4.69, 9.17) is 5.11 Å². The summed E-state index contributed by atoms with van der Waals surface area (Å²) < 4.78 is 1.45. The lowest BCUT2D eigenvalue weighted by Crippen LogP contribution is -2.21. The van der Waals surface area contributed by atoms with E-state index in [1.807, 2.05) is 24.3 Å². The van der Waals surface area contributed by atoms with Gasteiger partial charge in [-0.15, -0.1) is 0 Å². The minimum atomic E-state index is -0.898. The molecule has 0 saturated heterocycles. The van der Waals surface area contributed by atoms with Crippen molar-refractivity contribution in [2.75, 3.05) is 23.3 Å². The quantitative estimate of drug-likeness (QED) is 0.776. The lowest BCUT2D eigenvalue weighted by molar-refractivity contribution is -0.137. The number of amides is 1. The number of aromatic nitrogens is 2. The number of carbonyl (C=O) groups is 2. The number of nitrogens with one attached hydrogen (secondary N) is 1. The Kier molecular flexibility index (Phi) is 5.95. The maximum absolute atomic E-state index is 12.2. The standard InChI is InChI=1S/C17H22N4O3/c1-3-20(4-2)14-7-5-13(6-8-14)18-17(24)15-9-11-21(19-15)12-10-16(22)23/h5-9,11H,3-4,10,12H2,1-2H3,(H,18,24)(H,22,23). The minimum absolute atomic E-state index is 0.0322. The van der Waals surface area contributed by atoms with Gasteiger partial charge < -0.3 is 15.3 Å². The van der Waals surface area contributed by atoms with E-state index in [0.29, 0.717) is 5.69 Å². The zero-order valence-electron chi connectivity index (χ0n) is 13.9. The number of hydrogen-bond donors (Lipinski definition) is 2. The van der Waals surface area contributed by atoms with Crippen LogP contribution in [-0.4, -0.2) is 39.9 Å². The Bertz CT molecular complexity index is 690. The smallest absolute Gasteiger partial charge is 0.305 e. The predicted octanol–water partition coefficient (Wildman–Crippen LogP) is 2.46. The fraction of sp³-hybridized carbons (Fsp3) is 0.353. The molecule has 0 bridgehead atoms. The molecule has 128 valence electrons. The van der Waals surface area contributed by atoms with Crippen molar-refractivity contribution in [2.24, 2.45) is 0 Å². The van der Waals surface area contributed by atoms with E-state index in [-0.39, 0.29) is 24.6 Å². The number of nitrogens with zero attached hydrogens (tertiary/aromatic N) is 3. The Morgan fingerprint density at radius 2 is 1.83 bits per heavy atom. The molecule has 1 heterocycles. The van der Waals surface area contributed by atoms with Gasteiger partial charge in [0.25, 0.3) is 5.91 Å². The SMILES string of the molecule is CCN(CC)c1ccc(NC(=O)c2ccn(CCC(=O)O)n2)cc1. The molecule has 2 N–H and O–H groups in total. The first-order chi connectivity index (χ1) is 11.5. The molecule has 0 aliphatic carbocycles. The van der Waals surface area contributed by atoms with Crippen molar-refractivity contribution in [2.45, 2.75) is 26.8 Å². The summed E-state index contributed by atoms with van der Waals surface area (Å²) in [5.74, 6) is -1.22. The molecule has 1 amide bonds. The summed E-state index contributed by atoms with van der Waals surface area (Å²) >= 11 is 0. The van der Waals surface area contributed by atoms with Crippen LogP contribution < -0.4 is 10.2 Å². The highest BCUT2D eigenvalue weighted by atomic mass is 16.4. The van der Waals surface area contributed by atoms with E-state index in [9.17, 15) is 9.59 Å². The van der Waals surface area contributed by atoms with Crippen molar-refractivity contribution in [1.82, 2.24) is 9.78 Å². The van der Waals surface area contributed by atoms with E-state index in [1.165, 1.54) is 4.68 Å². The highest BCUT2D eigenvalue weighted by molar-refractivity contribution is 6.02. The molecule has 2 rings (SSSR count). The molecule has 0 aliphatic heterocycles. The number of carboxylic acid groups (broad SMARTS) is 1. The molecule has 0 saturated carbocycles. The van der Waals surface area contributed by atoms with Crippen LogP contribution in [-0.2, 0) is 11.3 Å². The van der Waals surface area contributed by atoms with E-state index in [2.05, 4.69) is 29.2 Å².